The van der Waals surface area contributed by atoms with Gasteiger partial charge in [0, 0.05) is 41.8 Å². The van der Waals surface area contributed by atoms with Gasteiger partial charge in [0.05, 0.1) is 6.20 Å². The summed E-state index contributed by atoms with van der Waals surface area (Å²) in [6, 6.07) is 6.06. The average Bonchev–Trinajstić information content (AvgIpc) is 3.51. The predicted molar refractivity (Wildman–Crippen MR) is 136 cm³/mol. The van der Waals surface area contributed by atoms with Crippen molar-refractivity contribution in [1.29, 1.82) is 0 Å². The molecule has 0 aliphatic carbocycles. The molecular formula is C24H26N8O2S. The van der Waals surface area contributed by atoms with Crippen LogP contribution in [-0.2, 0) is 6.42 Å². The van der Waals surface area contributed by atoms with Crippen LogP contribution < -0.4 is 15.5 Å². The van der Waals surface area contributed by atoms with E-state index in [2.05, 4.69) is 38.0 Å². The zero-order chi connectivity index (χ0) is 24.2. The molecule has 180 valence electrons. The van der Waals surface area contributed by atoms with E-state index >= 15 is 0 Å². The number of thiazole rings is 1. The fourth-order valence-electron chi connectivity index (χ4n) is 4.91. The van der Waals surface area contributed by atoms with Crippen LogP contribution in [0.1, 0.15) is 42.2 Å². The third-order valence-corrected chi connectivity index (χ3v) is 7.80. The quantitative estimate of drug-likeness (QED) is 0.392. The summed E-state index contributed by atoms with van der Waals surface area (Å²) < 4.78 is 0. The predicted octanol–water partition coefficient (Wildman–Crippen LogP) is 3.58. The minimum atomic E-state index is -1.01. The average molecular weight is 491 g/mol. The van der Waals surface area contributed by atoms with Gasteiger partial charge >= 0.3 is 5.97 Å². The first-order chi connectivity index (χ1) is 16.9. The highest BCUT2D eigenvalue weighted by atomic mass is 32.1. The lowest BCUT2D eigenvalue weighted by Gasteiger charge is -2.37. The number of nitrogens with two attached hydrogens (primary N) is 1. The van der Waals surface area contributed by atoms with E-state index in [0.29, 0.717) is 10.7 Å². The molecule has 2 aliphatic heterocycles. The van der Waals surface area contributed by atoms with E-state index in [0.717, 1.165) is 79.3 Å². The Morgan fingerprint density at radius 2 is 2.06 bits per heavy atom. The zero-order valence-corrected chi connectivity index (χ0v) is 20.2. The van der Waals surface area contributed by atoms with Crippen LogP contribution in [0.3, 0.4) is 0 Å². The molecule has 5 heterocycles. The molecule has 0 bridgehead atoms. The Morgan fingerprint density at radius 1 is 1.23 bits per heavy atom. The highest BCUT2D eigenvalue weighted by Crippen LogP contribution is 2.40. The fraction of sp³-hybridized carbons (Fsp3) is 0.375. The van der Waals surface area contributed by atoms with Gasteiger partial charge in [-0.05, 0) is 44.2 Å². The van der Waals surface area contributed by atoms with Gasteiger partial charge in [-0.25, -0.2) is 19.7 Å². The van der Waals surface area contributed by atoms with Gasteiger partial charge in [-0.3, -0.25) is 5.10 Å². The standard InChI is InChI=1S/C24H26N8O2S/c1-24(25)7-10-31(11-8-24)18-12-26-19-20(28-18)29-30-21(19)32-9-3-5-14-15(4-2-6-17(14)32)22-27-16(13-35-22)23(33)34/h2,4,6,12-13H,3,5,7-11,25H2,1H3,(H,33,34)(H,28,29,30). The van der Waals surface area contributed by atoms with Gasteiger partial charge in [0.25, 0.3) is 0 Å². The Morgan fingerprint density at radius 3 is 2.83 bits per heavy atom. The molecule has 10 nitrogen and oxygen atoms in total. The molecule has 1 saturated heterocycles. The number of aromatic carboxylic acids is 1. The molecule has 1 aromatic carbocycles. The van der Waals surface area contributed by atoms with Gasteiger partial charge in [0.2, 0.25) is 0 Å². The highest BCUT2D eigenvalue weighted by molar-refractivity contribution is 7.13. The first-order valence-electron chi connectivity index (χ1n) is 11.7. The topological polar surface area (TPSA) is 137 Å². The van der Waals surface area contributed by atoms with Crippen LogP contribution in [0.5, 0.6) is 0 Å². The second-order valence-electron chi connectivity index (χ2n) is 9.52. The molecule has 4 N–H and O–H groups in total. The van der Waals surface area contributed by atoms with Crippen molar-refractivity contribution in [2.45, 2.75) is 38.1 Å². The summed E-state index contributed by atoms with van der Waals surface area (Å²) in [7, 11) is 0. The number of piperidine rings is 1. The number of hydrogen-bond donors (Lipinski definition) is 3. The zero-order valence-electron chi connectivity index (χ0n) is 19.4. The molecule has 4 aromatic rings. The summed E-state index contributed by atoms with van der Waals surface area (Å²) in [5.74, 6) is 0.569. The van der Waals surface area contributed by atoms with Crippen molar-refractivity contribution in [3.05, 3.63) is 41.0 Å². The lowest BCUT2D eigenvalue weighted by atomic mass is 9.91. The van der Waals surface area contributed by atoms with E-state index in [1.807, 2.05) is 18.3 Å². The number of fused-ring (bicyclic) bond motifs is 2. The van der Waals surface area contributed by atoms with Crippen LogP contribution in [-0.4, -0.2) is 61.4 Å². The molecule has 1 fully saturated rings. The Labute approximate surface area is 205 Å². The third kappa shape index (κ3) is 3.90. The van der Waals surface area contributed by atoms with Gasteiger partial charge < -0.3 is 20.6 Å². The number of benzene rings is 1. The summed E-state index contributed by atoms with van der Waals surface area (Å²) in [6.07, 6.45) is 5.48. The molecule has 0 atom stereocenters. The van der Waals surface area contributed by atoms with E-state index in [-0.39, 0.29) is 11.2 Å². The SMILES string of the molecule is CC1(N)CCN(c2cnc3c(N4CCCc5c(-c6nc(C(=O)O)cs6)cccc54)n[nH]c3n2)CC1. The fourth-order valence-corrected chi connectivity index (χ4v) is 5.75. The van der Waals surface area contributed by atoms with Crippen molar-refractivity contribution in [1.82, 2.24) is 25.1 Å². The van der Waals surface area contributed by atoms with Gasteiger partial charge in [0.1, 0.15) is 10.8 Å². The minimum absolute atomic E-state index is 0.0736. The van der Waals surface area contributed by atoms with Gasteiger partial charge in [-0.15, -0.1) is 11.3 Å². The Bertz CT molecular complexity index is 1420. The summed E-state index contributed by atoms with van der Waals surface area (Å²) in [4.78, 5) is 29.6. The highest BCUT2D eigenvalue weighted by Gasteiger charge is 2.29. The van der Waals surface area contributed by atoms with Crippen molar-refractivity contribution < 1.29 is 9.90 Å². The first kappa shape index (κ1) is 21.9. The number of carbonyl (C=O) groups is 1. The molecule has 35 heavy (non-hydrogen) atoms. The first-order valence-corrected chi connectivity index (χ1v) is 12.6. The summed E-state index contributed by atoms with van der Waals surface area (Å²) in [5.41, 5.74) is 10.8. The number of anilines is 3. The van der Waals surface area contributed by atoms with Crippen LogP contribution in [0.15, 0.2) is 29.8 Å². The molecule has 6 rings (SSSR count). The van der Waals surface area contributed by atoms with Gasteiger partial charge in [-0.1, -0.05) is 12.1 Å². The summed E-state index contributed by atoms with van der Waals surface area (Å²) in [5, 5.41) is 19.3. The number of carboxylic acid groups (broad SMARTS) is 1. The van der Waals surface area contributed by atoms with Crippen molar-refractivity contribution in [3.8, 4) is 10.6 Å². The second-order valence-corrected chi connectivity index (χ2v) is 10.4. The maximum atomic E-state index is 11.3. The number of aromatic nitrogens is 5. The van der Waals surface area contributed by atoms with Crippen molar-refractivity contribution in [3.63, 3.8) is 0 Å². The van der Waals surface area contributed by atoms with E-state index in [1.165, 1.54) is 11.3 Å². The molecule has 0 radical (unpaired) electrons. The lowest BCUT2D eigenvalue weighted by molar-refractivity contribution is 0.0691. The summed E-state index contributed by atoms with van der Waals surface area (Å²) >= 11 is 1.35. The van der Waals surface area contributed by atoms with Gasteiger partial charge in [-0.2, -0.15) is 5.10 Å². The van der Waals surface area contributed by atoms with Gasteiger partial charge in [0.15, 0.2) is 22.7 Å². The normalized spacial score (nSPS) is 17.5. The Hall–Kier alpha value is -3.57. The Kier molecular flexibility index (Phi) is 5.19. The molecule has 0 unspecified atom stereocenters. The van der Waals surface area contributed by atoms with E-state index in [4.69, 9.17) is 15.7 Å². The molecule has 11 heteroatoms. The lowest BCUT2D eigenvalue weighted by Crippen LogP contribution is -2.48. The Balaban J connectivity index is 1.34. The van der Waals surface area contributed by atoms with E-state index < -0.39 is 5.97 Å². The molecule has 0 spiro atoms. The number of carboxylic acids is 1. The monoisotopic (exact) mass is 490 g/mol. The van der Waals surface area contributed by atoms with Crippen molar-refractivity contribution in [2.75, 3.05) is 29.4 Å². The molecular weight excluding hydrogens is 464 g/mol. The largest absolute Gasteiger partial charge is 0.476 e. The number of hydrogen-bond acceptors (Lipinski definition) is 9. The number of nitrogens with one attached hydrogen (secondary N) is 1. The number of H-pyrrole nitrogens is 1. The summed E-state index contributed by atoms with van der Waals surface area (Å²) in [6.45, 7) is 4.62. The smallest absolute Gasteiger partial charge is 0.355 e. The third-order valence-electron chi connectivity index (χ3n) is 6.93. The van der Waals surface area contributed by atoms with Crippen LogP contribution in [0.2, 0.25) is 0 Å². The maximum absolute atomic E-state index is 11.3. The van der Waals surface area contributed by atoms with E-state index in [9.17, 15) is 9.90 Å². The van der Waals surface area contributed by atoms with Crippen LogP contribution >= 0.6 is 11.3 Å². The maximum Gasteiger partial charge on any atom is 0.355 e. The molecule has 2 aliphatic rings. The van der Waals surface area contributed by atoms with E-state index in [1.54, 1.807) is 5.38 Å². The van der Waals surface area contributed by atoms with Crippen LogP contribution in [0, 0.1) is 0 Å². The number of nitrogens with zero attached hydrogens (tertiary/aromatic N) is 6. The van der Waals surface area contributed by atoms with Crippen molar-refractivity contribution >= 4 is 45.8 Å². The van der Waals surface area contributed by atoms with Crippen LogP contribution in [0.4, 0.5) is 17.3 Å². The number of aromatic amines is 1. The number of rotatable bonds is 4. The molecule has 3 aromatic heterocycles. The second kappa shape index (κ2) is 8.28. The minimum Gasteiger partial charge on any atom is -0.476 e. The van der Waals surface area contributed by atoms with Crippen LogP contribution in [0.25, 0.3) is 21.7 Å². The van der Waals surface area contributed by atoms with Crippen molar-refractivity contribution in [2.24, 2.45) is 5.73 Å². The molecule has 0 saturated carbocycles. The molecule has 0 amide bonds.